The molecular formula is C19H29N3O2. The summed E-state index contributed by atoms with van der Waals surface area (Å²) in [6.45, 7) is 2.84. The van der Waals surface area contributed by atoms with Gasteiger partial charge >= 0.3 is 0 Å². The van der Waals surface area contributed by atoms with E-state index in [0.717, 1.165) is 51.0 Å². The first-order chi connectivity index (χ1) is 11.7. The van der Waals surface area contributed by atoms with Gasteiger partial charge in [0.25, 0.3) is 5.56 Å². The van der Waals surface area contributed by atoms with E-state index in [-0.39, 0.29) is 11.7 Å². The van der Waals surface area contributed by atoms with Gasteiger partial charge in [0.1, 0.15) is 0 Å². The number of aromatic nitrogens is 2. The van der Waals surface area contributed by atoms with Crippen LogP contribution in [0.5, 0.6) is 0 Å². The van der Waals surface area contributed by atoms with Crippen LogP contribution < -0.4 is 5.56 Å². The van der Waals surface area contributed by atoms with E-state index in [2.05, 4.69) is 10.00 Å². The molecule has 5 nitrogen and oxygen atoms in total. The Morgan fingerprint density at radius 1 is 1.04 bits per heavy atom. The summed E-state index contributed by atoms with van der Waals surface area (Å²) >= 11 is 0. The lowest BCUT2D eigenvalue weighted by Gasteiger charge is -2.41. The smallest absolute Gasteiger partial charge is 0.266 e. The molecule has 24 heavy (non-hydrogen) atoms. The Morgan fingerprint density at radius 2 is 1.79 bits per heavy atom. The first-order valence-corrected chi connectivity index (χ1v) is 9.71. The van der Waals surface area contributed by atoms with E-state index < -0.39 is 0 Å². The minimum absolute atomic E-state index is 0.0320. The molecule has 1 aromatic rings. The highest BCUT2D eigenvalue weighted by Gasteiger charge is 2.32. The Bertz CT molecular complexity index is 617. The summed E-state index contributed by atoms with van der Waals surface area (Å²) < 4.78 is 1.70. The summed E-state index contributed by atoms with van der Waals surface area (Å²) in [5.41, 5.74) is 1.13. The third kappa shape index (κ3) is 3.57. The van der Waals surface area contributed by atoms with Crippen LogP contribution in [0.2, 0.25) is 0 Å². The molecule has 2 atom stereocenters. The second kappa shape index (κ2) is 6.96. The number of aliphatic hydroxyl groups is 1. The zero-order valence-corrected chi connectivity index (χ0v) is 14.4. The maximum atomic E-state index is 12.1. The van der Waals surface area contributed by atoms with Crippen molar-refractivity contribution in [1.82, 2.24) is 14.7 Å². The van der Waals surface area contributed by atoms with Crippen molar-refractivity contribution in [2.45, 2.75) is 76.0 Å². The number of hydrogen-bond donors (Lipinski definition) is 1. The highest BCUT2D eigenvalue weighted by atomic mass is 16.3. The van der Waals surface area contributed by atoms with Gasteiger partial charge in [-0.2, -0.15) is 5.10 Å². The first-order valence-electron chi connectivity index (χ1n) is 9.71. The van der Waals surface area contributed by atoms with Gasteiger partial charge in [-0.3, -0.25) is 9.69 Å². The average Bonchev–Trinajstić information content (AvgIpc) is 3.43. The second-order valence-electron chi connectivity index (χ2n) is 7.95. The molecule has 4 rings (SSSR count). The normalized spacial score (nSPS) is 29.7. The quantitative estimate of drug-likeness (QED) is 0.918. The maximum Gasteiger partial charge on any atom is 0.266 e. The van der Waals surface area contributed by atoms with Gasteiger partial charge in [0, 0.05) is 24.6 Å². The van der Waals surface area contributed by atoms with Crippen molar-refractivity contribution in [3.8, 4) is 0 Å². The number of aliphatic hydroxyl groups excluding tert-OH is 1. The number of piperidine rings is 1. The van der Waals surface area contributed by atoms with Crippen molar-refractivity contribution in [3.05, 3.63) is 28.2 Å². The monoisotopic (exact) mass is 331 g/mol. The van der Waals surface area contributed by atoms with Crippen molar-refractivity contribution in [1.29, 1.82) is 0 Å². The molecular weight excluding hydrogens is 302 g/mol. The molecule has 5 heteroatoms. The summed E-state index contributed by atoms with van der Waals surface area (Å²) in [7, 11) is 0. The first kappa shape index (κ1) is 16.3. The van der Waals surface area contributed by atoms with Crippen molar-refractivity contribution in [2.24, 2.45) is 5.92 Å². The number of rotatable bonds is 4. The van der Waals surface area contributed by atoms with Crippen molar-refractivity contribution < 1.29 is 5.11 Å². The molecule has 1 N–H and O–H groups in total. The summed E-state index contributed by atoms with van der Waals surface area (Å²) in [5.74, 6) is 1.12. The van der Waals surface area contributed by atoms with Gasteiger partial charge in [-0.1, -0.05) is 12.8 Å². The third-order valence-electron chi connectivity index (χ3n) is 6.13. The lowest BCUT2D eigenvalue weighted by molar-refractivity contribution is 0.00245. The standard InChI is InChI=1S/C19H29N3O2/c23-18-4-2-1-3-17(18)21-11-9-14(10-12-21)13-22-19(24)8-7-16(20-22)15-5-6-15/h7-8,14-15,17-18,23H,1-6,9-13H2. The predicted molar refractivity (Wildman–Crippen MR) is 93.0 cm³/mol. The largest absolute Gasteiger partial charge is 0.391 e. The minimum Gasteiger partial charge on any atom is -0.391 e. The van der Waals surface area contributed by atoms with Gasteiger partial charge in [-0.05, 0) is 63.6 Å². The molecule has 3 fully saturated rings. The third-order valence-corrected chi connectivity index (χ3v) is 6.13. The van der Waals surface area contributed by atoms with Crippen LogP contribution in [0.1, 0.15) is 63.0 Å². The minimum atomic E-state index is -0.144. The van der Waals surface area contributed by atoms with Gasteiger partial charge in [0.15, 0.2) is 0 Å². The highest BCUT2D eigenvalue weighted by molar-refractivity contribution is 5.12. The van der Waals surface area contributed by atoms with Gasteiger partial charge in [-0.15, -0.1) is 0 Å². The summed E-state index contributed by atoms with van der Waals surface area (Å²) in [4.78, 5) is 14.6. The molecule has 3 aliphatic rings. The molecule has 2 heterocycles. The SMILES string of the molecule is O=c1ccc(C2CC2)nn1CC1CCN(C2CCCCC2O)CC1. The van der Waals surface area contributed by atoms with E-state index in [1.807, 2.05) is 6.07 Å². The Morgan fingerprint density at radius 3 is 2.50 bits per heavy atom. The molecule has 0 spiro atoms. The molecule has 1 saturated heterocycles. The van der Waals surface area contributed by atoms with Gasteiger partial charge < -0.3 is 5.11 Å². The van der Waals surface area contributed by atoms with E-state index in [1.54, 1.807) is 10.7 Å². The molecule has 0 aromatic carbocycles. The topological polar surface area (TPSA) is 58.4 Å². The molecule has 1 aliphatic heterocycles. The van der Waals surface area contributed by atoms with Crippen LogP contribution >= 0.6 is 0 Å². The van der Waals surface area contributed by atoms with Gasteiger partial charge in [0.2, 0.25) is 0 Å². The Kier molecular flexibility index (Phi) is 4.72. The zero-order chi connectivity index (χ0) is 16.5. The molecule has 1 aromatic heterocycles. The zero-order valence-electron chi connectivity index (χ0n) is 14.4. The second-order valence-corrected chi connectivity index (χ2v) is 7.95. The van der Waals surface area contributed by atoms with Crippen LogP contribution in [-0.4, -0.2) is 45.0 Å². The van der Waals surface area contributed by atoms with E-state index in [0.29, 0.717) is 17.9 Å². The lowest BCUT2D eigenvalue weighted by atomic mass is 9.88. The molecule has 132 valence electrons. The lowest BCUT2D eigenvalue weighted by Crippen LogP contribution is -2.49. The van der Waals surface area contributed by atoms with Crippen LogP contribution in [0.15, 0.2) is 16.9 Å². The Labute approximate surface area is 143 Å². The Hall–Kier alpha value is -1.20. The molecule has 2 aliphatic carbocycles. The summed E-state index contributed by atoms with van der Waals surface area (Å²) in [6.07, 6.45) is 8.99. The molecule has 0 bridgehead atoms. The number of hydrogen-bond acceptors (Lipinski definition) is 4. The van der Waals surface area contributed by atoms with Crippen molar-refractivity contribution in [2.75, 3.05) is 13.1 Å². The molecule has 2 saturated carbocycles. The van der Waals surface area contributed by atoms with E-state index >= 15 is 0 Å². The fourth-order valence-electron chi connectivity index (χ4n) is 4.42. The van der Waals surface area contributed by atoms with Crippen LogP contribution in [0, 0.1) is 5.92 Å². The summed E-state index contributed by atoms with van der Waals surface area (Å²) in [5, 5.41) is 14.8. The van der Waals surface area contributed by atoms with E-state index in [1.165, 1.54) is 25.7 Å². The molecule has 0 amide bonds. The van der Waals surface area contributed by atoms with Gasteiger partial charge in [0.05, 0.1) is 11.8 Å². The number of nitrogens with zero attached hydrogens (tertiary/aromatic N) is 3. The number of likely N-dealkylation sites (tertiary alicyclic amines) is 1. The van der Waals surface area contributed by atoms with E-state index in [4.69, 9.17) is 0 Å². The Balaban J connectivity index is 1.34. The fourth-order valence-corrected chi connectivity index (χ4v) is 4.42. The van der Waals surface area contributed by atoms with Crippen molar-refractivity contribution in [3.63, 3.8) is 0 Å². The molecule has 2 unspecified atom stereocenters. The highest BCUT2D eigenvalue weighted by Crippen LogP contribution is 2.38. The van der Waals surface area contributed by atoms with E-state index in [9.17, 15) is 9.90 Å². The van der Waals surface area contributed by atoms with Crippen LogP contribution in [0.3, 0.4) is 0 Å². The van der Waals surface area contributed by atoms with Crippen LogP contribution in [-0.2, 0) is 6.54 Å². The van der Waals surface area contributed by atoms with Crippen LogP contribution in [0.4, 0.5) is 0 Å². The predicted octanol–water partition coefficient (Wildman–Crippen LogP) is 2.14. The van der Waals surface area contributed by atoms with Crippen molar-refractivity contribution >= 4 is 0 Å². The summed E-state index contributed by atoms with van der Waals surface area (Å²) in [6, 6.07) is 3.95. The molecule has 0 radical (unpaired) electrons. The van der Waals surface area contributed by atoms with Crippen LogP contribution in [0.25, 0.3) is 0 Å². The van der Waals surface area contributed by atoms with Gasteiger partial charge in [-0.25, -0.2) is 4.68 Å². The fraction of sp³-hybridized carbons (Fsp3) is 0.789. The maximum absolute atomic E-state index is 12.1. The average molecular weight is 331 g/mol.